The normalized spacial score (nSPS) is 17.0. The summed E-state index contributed by atoms with van der Waals surface area (Å²) in [6, 6.07) is 0. The van der Waals surface area contributed by atoms with Crippen molar-refractivity contribution in [3.05, 3.63) is 12.7 Å². The van der Waals surface area contributed by atoms with Crippen molar-refractivity contribution in [2.45, 2.75) is 19.3 Å². The van der Waals surface area contributed by atoms with Gasteiger partial charge in [0.25, 0.3) is 0 Å². The number of hydrogen-bond donors (Lipinski definition) is 2. The molecule has 1 saturated heterocycles. The van der Waals surface area contributed by atoms with E-state index < -0.39 is 0 Å². The van der Waals surface area contributed by atoms with Gasteiger partial charge in [0, 0.05) is 24.5 Å². The average Bonchev–Trinajstić information content (AvgIpc) is 2.30. The summed E-state index contributed by atoms with van der Waals surface area (Å²) in [5.74, 6) is 2.74. The zero-order valence-corrected chi connectivity index (χ0v) is 10.7. The number of amides is 1. The maximum atomic E-state index is 11.6. The van der Waals surface area contributed by atoms with E-state index in [1.807, 2.05) is 6.08 Å². The lowest BCUT2D eigenvalue weighted by molar-refractivity contribution is -0.122. The Morgan fingerprint density at radius 1 is 1.50 bits per heavy atom. The van der Waals surface area contributed by atoms with Crippen LogP contribution in [0.2, 0.25) is 0 Å². The molecule has 0 radical (unpaired) electrons. The molecule has 0 aromatic carbocycles. The lowest BCUT2D eigenvalue weighted by Gasteiger charge is -2.21. The van der Waals surface area contributed by atoms with Crippen molar-refractivity contribution in [3.8, 4) is 0 Å². The van der Waals surface area contributed by atoms with Gasteiger partial charge in [0.15, 0.2) is 0 Å². The van der Waals surface area contributed by atoms with Gasteiger partial charge in [0.05, 0.1) is 0 Å². The average molecular weight is 242 g/mol. The zero-order valence-electron chi connectivity index (χ0n) is 9.84. The number of nitrogens with one attached hydrogen (secondary N) is 2. The standard InChI is InChI=1S/C12H22N2OS/c1-2-8-16-9-7-14-12(15)10-11-3-5-13-6-4-11/h2,11,13H,1,3-10H2,(H,14,15). The van der Waals surface area contributed by atoms with Crippen LogP contribution in [0.4, 0.5) is 0 Å². The zero-order chi connectivity index (χ0) is 11.6. The van der Waals surface area contributed by atoms with Crippen molar-refractivity contribution in [1.29, 1.82) is 0 Å². The Kier molecular flexibility index (Phi) is 7.34. The van der Waals surface area contributed by atoms with Gasteiger partial charge in [-0.05, 0) is 31.8 Å². The SMILES string of the molecule is C=CCSCCNC(=O)CC1CCNCC1. The third-order valence-corrected chi connectivity index (χ3v) is 3.70. The molecule has 92 valence electrons. The Labute approximate surface area is 102 Å². The molecular formula is C12H22N2OS. The maximum Gasteiger partial charge on any atom is 0.220 e. The van der Waals surface area contributed by atoms with Gasteiger partial charge in [0.1, 0.15) is 0 Å². The van der Waals surface area contributed by atoms with Gasteiger partial charge >= 0.3 is 0 Å². The minimum Gasteiger partial charge on any atom is -0.355 e. The van der Waals surface area contributed by atoms with E-state index in [-0.39, 0.29) is 5.91 Å². The van der Waals surface area contributed by atoms with Crippen molar-refractivity contribution in [1.82, 2.24) is 10.6 Å². The van der Waals surface area contributed by atoms with Gasteiger partial charge in [-0.1, -0.05) is 6.08 Å². The van der Waals surface area contributed by atoms with Gasteiger partial charge < -0.3 is 10.6 Å². The van der Waals surface area contributed by atoms with Crippen LogP contribution in [0.5, 0.6) is 0 Å². The first-order valence-electron chi connectivity index (χ1n) is 5.99. The number of carbonyl (C=O) groups excluding carboxylic acids is 1. The van der Waals surface area contributed by atoms with Crippen LogP contribution in [0, 0.1) is 5.92 Å². The van der Waals surface area contributed by atoms with Gasteiger partial charge in [-0.2, -0.15) is 11.8 Å². The third kappa shape index (κ3) is 6.18. The second kappa shape index (κ2) is 8.65. The van der Waals surface area contributed by atoms with Crippen LogP contribution in [0.3, 0.4) is 0 Å². The Balaban J connectivity index is 1.99. The molecule has 1 aliphatic heterocycles. The second-order valence-electron chi connectivity index (χ2n) is 4.11. The number of hydrogen-bond acceptors (Lipinski definition) is 3. The Bertz CT molecular complexity index is 215. The van der Waals surface area contributed by atoms with E-state index in [0.717, 1.165) is 44.0 Å². The summed E-state index contributed by atoms with van der Waals surface area (Å²) in [6.07, 6.45) is 4.87. The molecule has 0 aromatic rings. The molecule has 0 unspecified atom stereocenters. The van der Waals surface area contributed by atoms with E-state index in [1.165, 1.54) is 0 Å². The topological polar surface area (TPSA) is 41.1 Å². The minimum atomic E-state index is 0.214. The van der Waals surface area contributed by atoms with E-state index in [4.69, 9.17) is 0 Å². The van der Waals surface area contributed by atoms with Gasteiger partial charge in [0.2, 0.25) is 5.91 Å². The highest BCUT2D eigenvalue weighted by Gasteiger charge is 2.16. The number of piperidine rings is 1. The smallest absolute Gasteiger partial charge is 0.220 e. The first-order valence-corrected chi connectivity index (χ1v) is 7.14. The summed E-state index contributed by atoms with van der Waals surface area (Å²) >= 11 is 1.80. The molecule has 0 spiro atoms. The van der Waals surface area contributed by atoms with E-state index in [9.17, 15) is 4.79 Å². The fourth-order valence-corrected chi connectivity index (χ4v) is 2.43. The van der Waals surface area contributed by atoms with Crippen molar-refractivity contribution in [2.24, 2.45) is 5.92 Å². The molecular weight excluding hydrogens is 220 g/mol. The highest BCUT2D eigenvalue weighted by atomic mass is 32.2. The molecule has 3 nitrogen and oxygen atoms in total. The molecule has 4 heteroatoms. The highest BCUT2D eigenvalue weighted by Crippen LogP contribution is 2.15. The van der Waals surface area contributed by atoms with Gasteiger partial charge in [-0.3, -0.25) is 4.79 Å². The Morgan fingerprint density at radius 3 is 2.94 bits per heavy atom. The van der Waals surface area contributed by atoms with Crippen molar-refractivity contribution in [3.63, 3.8) is 0 Å². The second-order valence-corrected chi connectivity index (χ2v) is 5.26. The third-order valence-electron chi connectivity index (χ3n) is 2.74. The Hall–Kier alpha value is -0.480. The number of rotatable bonds is 7. The van der Waals surface area contributed by atoms with E-state index in [2.05, 4.69) is 17.2 Å². The minimum absolute atomic E-state index is 0.214. The molecule has 1 aliphatic rings. The van der Waals surface area contributed by atoms with Crippen LogP contribution >= 0.6 is 11.8 Å². The number of thioether (sulfide) groups is 1. The number of carbonyl (C=O) groups is 1. The molecule has 2 N–H and O–H groups in total. The van der Waals surface area contributed by atoms with Gasteiger partial charge in [-0.15, -0.1) is 6.58 Å². The first kappa shape index (κ1) is 13.6. The van der Waals surface area contributed by atoms with Crippen LogP contribution < -0.4 is 10.6 Å². The molecule has 0 bridgehead atoms. The summed E-state index contributed by atoms with van der Waals surface area (Å²) in [4.78, 5) is 11.6. The van der Waals surface area contributed by atoms with Crippen molar-refractivity contribution >= 4 is 17.7 Å². The highest BCUT2D eigenvalue weighted by molar-refractivity contribution is 7.99. The molecule has 0 atom stereocenters. The van der Waals surface area contributed by atoms with E-state index in [0.29, 0.717) is 12.3 Å². The Morgan fingerprint density at radius 2 is 2.25 bits per heavy atom. The quantitative estimate of drug-likeness (QED) is 0.524. The first-order chi connectivity index (χ1) is 7.83. The van der Waals surface area contributed by atoms with Crippen LogP contribution in [-0.4, -0.2) is 37.0 Å². The molecule has 0 aromatic heterocycles. The molecule has 1 fully saturated rings. The lowest BCUT2D eigenvalue weighted by atomic mass is 9.94. The summed E-state index contributed by atoms with van der Waals surface area (Å²) in [7, 11) is 0. The van der Waals surface area contributed by atoms with Gasteiger partial charge in [-0.25, -0.2) is 0 Å². The molecule has 1 rings (SSSR count). The molecule has 0 aliphatic carbocycles. The largest absolute Gasteiger partial charge is 0.355 e. The van der Waals surface area contributed by atoms with Crippen LogP contribution in [0.25, 0.3) is 0 Å². The van der Waals surface area contributed by atoms with Crippen LogP contribution in [0.1, 0.15) is 19.3 Å². The van der Waals surface area contributed by atoms with Crippen LogP contribution in [0.15, 0.2) is 12.7 Å². The van der Waals surface area contributed by atoms with Crippen LogP contribution in [-0.2, 0) is 4.79 Å². The van der Waals surface area contributed by atoms with Crippen molar-refractivity contribution < 1.29 is 4.79 Å². The molecule has 16 heavy (non-hydrogen) atoms. The van der Waals surface area contributed by atoms with E-state index >= 15 is 0 Å². The maximum absolute atomic E-state index is 11.6. The molecule has 1 amide bonds. The molecule has 0 saturated carbocycles. The predicted octanol–water partition coefficient (Wildman–Crippen LogP) is 1.41. The summed E-state index contributed by atoms with van der Waals surface area (Å²) < 4.78 is 0. The predicted molar refractivity (Wildman–Crippen MR) is 70.7 cm³/mol. The van der Waals surface area contributed by atoms with E-state index in [1.54, 1.807) is 11.8 Å². The fraction of sp³-hybridized carbons (Fsp3) is 0.750. The monoisotopic (exact) mass is 242 g/mol. The lowest BCUT2D eigenvalue weighted by Crippen LogP contribution is -2.33. The van der Waals surface area contributed by atoms with Crippen molar-refractivity contribution in [2.75, 3.05) is 31.1 Å². The summed E-state index contributed by atoms with van der Waals surface area (Å²) in [5.41, 5.74) is 0. The summed E-state index contributed by atoms with van der Waals surface area (Å²) in [5, 5.41) is 6.28. The summed E-state index contributed by atoms with van der Waals surface area (Å²) in [6.45, 7) is 6.56. The molecule has 1 heterocycles. The fourth-order valence-electron chi connectivity index (χ4n) is 1.85.